The number of methoxy groups -OCH3 is 2. The van der Waals surface area contributed by atoms with Crippen LogP contribution < -0.4 is 5.32 Å². The van der Waals surface area contributed by atoms with Crippen LogP contribution in [0.4, 0.5) is 0 Å². The number of ether oxygens (including phenoxy) is 2. The molecular formula is C32H34N2O5. The molecule has 2 amide bonds. The van der Waals surface area contributed by atoms with Crippen LogP contribution in [0.5, 0.6) is 0 Å². The lowest BCUT2D eigenvalue weighted by molar-refractivity contribution is -0.133. The van der Waals surface area contributed by atoms with Gasteiger partial charge in [-0.05, 0) is 64.3 Å². The summed E-state index contributed by atoms with van der Waals surface area (Å²) in [5.74, 6) is 0.0126. The van der Waals surface area contributed by atoms with Crippen LogP contribution in [0.15, 0.2) is 66.7 Å². The molecule has 1 N–H and O–H groups in total. The topological polar surface area (TPSA) is 84.9 Å². The molecular weight excluding hydrogens is 492 g/mol. The predicted octanol–water partition coefficient (Wildman–Crippen LogP) is 4.48. The molecule has 2 aliphatic rings. The Morgan fingerprint density at radius 3 is 2.56 bits per heavy atom. The first kappa shape index (κ1) is 26.6. The number of carbonyl (C=O) groups excluding carboxylic acids is 3. The van der Waals surface area contributed by atoms with Crippen LogP contribution >= 0.6 is 0 Å². The van der Waals surface area contributed by atoms with Crippen LogP contribution in [-0.2, 0) is 38.6 Å². The number of hydrogen-bond donors (Lipinski definition) is 1. The van der Waals surface area contributed by atoms with E-state index in [-0.39, 0.29) is 29.6 Å². The summed E-state index contributed by atoms with van der Waals surface area (Å²) in [6.07, 6.45) is 1.89. The van der Waals surface area contributed by atoms with Crippen LogP contribution in [0.2, 0.25) is 0 Å². The van der Waals surface area contributed by atoms with Gasteiger partial charge in [0.1, 0.15) is 0 Å². The van der Waals surface area contributed by atoms with Crippen molar-refractivity contribution in [3.63, 3.8) is 0 Å². The summed E-state index contributed by atoms with van der Waals surface area (Å²) in [4.78, 5) is 39.9. The molecule has 5 rings (SSSR count). The Kier molecular flexibility index (Phi) is 8.07. The Balaban J connectivity index is 1.39. The minimum atomic E-state index is -0.381. The molecule has 0 spiro atoms. The van der Waals surface area contributed by atoms with E-state index >= 15 is 0 Å². The van der Waals surface area contributed by atoms with Crippen molar-refractivity contribution >= 4 is 17.8 Å². The summed E-state index contributed by atoms with van der Waals surface area (Å²) in [6.45, 7) is 1.87. The molecule has 202 valence electrons. The lowest BCUT2D eigenvalue weighted by Gasteiger charge is -2.32. The van der Waals surface area contributed by atoms with Crippen LogP contribution in [-0.4, -0.2) is 50.1 Å². The first-order valence-corrected chi connectivity index (χ1v) is 13.4. The van der Waals surface area contributed by atoms with Crippen molar-refractivity contribution in [3.05, 3.63) is 94.5 Å². The molecule has 1 fully saturated rings. The van der Waals surface area contributed by atoms with Crippen molar-refractivity contribution in [1.29, 1.82) is 0 Å². The quantitative estimate of drug-likeness (QED) is 0.416. The van der Waals surface area contributed by atoms with Crippen molar-refractivity contribution in [1.82, 2.24) is 10.2 Å². The van der Waals surface area contributed by atoms with Crippen LogP contribution in [0.3, 0.4) is 0 Å². The highest BCUT2D eigenvalue weighted by Gasteiger charge is 2.43. The van der Waals surface area contributed by atoms with Gasteiger partial charge >= 0.3 is 5.97 Å². The molecule has 0 saturated heterocycles. The zero-order chi connectivity index (χ0) is 27.4. The fraction of sp³-hybridized carbons (Fsp3) is 0.344. The number of amides is 2. The molecule has 1 aliphatic heterocycles. The second kappa shape index (κ2) is 11.8. The van der Waals surface area contributed by atoms with Gasteiger partial charge in [-0.3, -0.25) is 9.59 Å². The molecule has 3 aromatic carbocycles. The van der Waals surface area contributed by atoms with E-state index in [2.05, 4.69) is 23.5 Å². The van der Waals surface area contributed by atoms with Gasteiger partial charge in [-0.25, -0.2) is 4.79 Å². The van der Waals surface area contributed by atoms with Crippen LogP contribution in [0, 0.1) is 5.92 Å². The van der Waals surface area contributed by atoms with Crippen LogP contribution in [0.1, 0.15) is 51.4 Å². The Hall–Kier alpha value is -3.97. The maximum Gasteiger partial charge on any atom is 0.337 e. The fourth-order valence-electron chi connectivity index (χ4n) is 5.54. The van der Waals surface area contributed by atoms with E-state index in [1.54, 1.807) is 13.2 Å². The van der Waals surface area contributed by atoms with Crippen molar-refractivity contribution in [2.75, 3.05) is 27.4 Å². The lowest BCUT2D eigenvalue weighted by Crippen LogP contribution is -2.37. The van der Waals surface area contributed by atoms with E-state index in [4.69, 9.17) is 9.47 Å². The van der Waals surface area contributed by atoms with Gasteiger partial charge in [-0.15, -0.1) is 0 Å². The van der Waals surface area contributed by atoms with E-state index in [9.17, 15) is 14.4 Å². The van der Waals surface area contributed by atoms with E-state index in [0.717, 1.165) is 34.2 Å². The van der Waals surface area contributed by atoms with Gasteiger partial charge in [-0.1, -0.05) is 54.6 Å². The molecule has 3 aromatic rings. The fourth-order valence-corrected chi connectivity index (χ4v) is 5.54. The molecule has 1 saturated carbocycles. The van der Waals surface area contributed by atoms with Crippen molar-refractivity contribution in [3.8, 4) is 11.1 Å². The van der Waals surface area contributed by atoms with E-state index in [1.807, 2.05) is 47.4 Å². The van der Waals surface area contributed by atoms with Gasteiger partial charge in [0.05, 0.1) is 25.7 Å². The highest BCUT2D eigenvalue weighted by Crippen LogP contribution is 2.47. The molecule has 39 heavy (non-hydrogen) atoms. The SMILES string of the molecule is COCCC(=O)N1CCc2c(-c3cccc(C(=O)OC)c3)ccc(CNC(=O)C3C[C@H]3c3ccccc3)c2C1. The largest absolute Gasteiger partial charge is 0.465 e. The smallest absolute Gasteiger partial charge is 0.337 e. The molecule has 1 aliphatic carbocycles. The number of nitrogens with one attached hydrogen (secondary N) is 1. The van der Waals surface area contributed by atoms with Gasteiger partial charge in [0.25, 0.3) is 0 Å². The summed E-state index contributed by atoms with van der Waals surface area (Å²) in [6, 6.07) is 21.7. The maximum atomic E-state index is 13.0. The number of rotatable bonds is 9. The van der Waals surface area contributed by atoms with Crippen molar-refractivity contribution in [2.24, 2.45) is 5.92 Å². The molecule has 0 aromatic heterocycles. The number of esters is 1. The van der Waals surface area contributed by atoms with Crippen LogP contribution in [0.25, 0.3) is 11.1 Å². The zero-order valence-corrected chi connectivity index (χ0v) is 22.4. The number of benzene rings is 3. The maximum absolute atomic E-state index is 13.0. The average Bonchev–Trinajstić information content (AvgIpc) is 3.79. The summed E-state index contributed by atoms with van der Waals surface area (Å²) >= 11 is 0. The molecule has 7 nitrogen and oxygen atoms in total. The minimum Gasteiger partial charge on any atom is -0.465 e. The van der Waals surface area contributed by atoms with Gasteiger partial charge in [0, 0.05) is 32.7 Å². The predicted molar refractivity (Wildman–Crippen MR) is 148 cm³/mol. The van der Waals surface area contributed by atoms with E-state index in [1.165, 1.54) is 12.7 Å². The van der Waals surface area contributed by atoms with E-state index in [0.29, 0.717) is 44.6 Å². The second-order valence-electron chi connectivity index (χ2n) is 10.2. The van der Waals surface area contributed by atoms with Gasteiger partial charge in [-0.2, -0.15) is 0 Å². The molecule has 0 radical (unpaired) electrons. The Morgan fingerprint density at radius 1 is 0.974 bits per heavy atom. The van der Waals surface area contributed by atoms with Gasteiger partial charge in [0.2, 0.25) is 11.8 Å². The first-order valence-electron chi connectivity index (χ1n) is 13.4. The standard InChI is InChI=1S/C32H34N2O5/c1-38-16-14-30(35)34-15-13-26-25(22-9-6-10-23(17-22)32(37)39-2)12-11-24(29(26)20-34)19-33-31(36)28-18-27(28)21-7-4-3-5-8-21/h3-12,17,27-28H,13-16,18-20H2,1-2H3,(H,33,36)/t27-,28?/m0/s1. The minimum absolute atomic E-state index is 0.00400. The normalized spacial score (nSPS) is 17.7. The number of fused-ring (bicyclic) bond motifs is 1. The molecule has 1 unspecified atom stereocenters. The Labute approximate surface area is 229 Å². The van der Waals surface area contributed by atoms with Gasteiger partial charge < -0.3 is 19.7 Å². The Bertz CT molecular complexity index is 1370. The third-order valence-electron chi connectivity index (χ3n) is 7.78. The summed E-state index contributed by atoms with van der Waals surface area (Å²) in [7, 11) is 2.97. The van der Waals surface area contributed by atoms with Crippen molar-refractivity contribution < 1.29 is 23.9 Å². The number of nitrogens with zero attached hydrogens (tertiary/aromatic N) is 1. The molecule has 7 heteroatoms. The van der Waals surface area contributed by atoms with E-state index < -0.39 is 0 Å². The number of hydrogen-bond acceptors (Lipinski definition) is 5. The average molecular weight is 527 g/mol. The molecule has 1 heterocycles. The van der Waals surface area contributed by atoms with Crippen molar-refractivity contribution in [2.45, 2.75) is 38.3 Å². The summed E-state index contributed by atoms with van der Waals surface area (Å²) in [5.41, 5.74) is 6.86. The molecule has 2 atom stereocenters. The highest BCUT2D eigenvalue weighted by molar-refractivity contribution is 5.91. The third-order valence-corrected chi connectivity index (χ3v) is 7.78. The second-order valence-corrected chi connectivity index (χ2v) is 10.2. The summed E-state index contributed by atoms with van der Waals surface area (Å²) < 4.78 is 10.0. The molecule has 0 bridgehead atoms. The monoisotopic (exact) mass is 526 g/mol. The summed E-state index contributed by atoms with van der Waals surface area (Å²) in [5, 5.41) is 3.16. The zero-order valence-electron chi connectivity index (χ0n) is 22.4. The lowest BCUT2D eigenvalue weighted by atomic mass is 9.87. The number of carbonyl (C=O) groups is 3. The third kappa shape index (κ3) is 5.88. The highest BCUT2D eigenvalue weighted by atomic mass is 16.5. The van der Waals surface area contributed by atoms with Gasteiger partial charge in [0.15, 0.2) is 0 Å². The Morgan fingerprint density at radius 2 is 1.79 bits per heavy atom. The first-order chi connectivity index (χ1) is 19.0.